The molecular formula is C13H18INO2. The molecule has 0 aliphatic rings. The number of carbonyl (C=O) groups excluding carboxylic acids is 1. The van der Waals surface area contributed by atoms with Gasteiger partial charge >= 0.3 is 6.09 Å². The van der Waals surface area contributed by atoms with Crippen molar-refractivity contribution >= 4 is 28.7 Å². The van der Waals surface area contributed by atoms with Crippen LogP contribution in [0.25, 0.3) is 0 Å². The van der Waals surface area contributed by atoms with Gasteiger partial charge in [0.15, 0.2) is 0 Å². The van der Waals surface area contributed by atoms with Crippen LogP contribution in [0.1, 0.15) is 26.3 Å². The quantitative estimate of drug-likeness (QED) is 0.852. The molecule has 0 radical (unpaired) electrons. The summed E-state index contributed by atoms with van der Waals surface area (Å²) in [6.07, 6.45) is 0.457. The molecule has 17 heavy (non-hydrogen) atoms. The molecule has 0 unspecified atom stereocenters. The molecule has 0 bridgehead atoms. The Morgan fingerprint density at radius 1 is 1.29 bits per heavy atom. The summed E-state index contributed by atoms with van der Waals surface area (Å²) in [4.78, 5) is 11.4. The van der Waals surface area contributed by atoms with Gasteiger partial charge in [-0.05, 0) is 67.5 Å². The lowest BCUT2D eigenvalue weighted by atomic mass is 10.1. The summed E-state index contributed by atoms with van der Waals surface area (Å²) in [7, 11) is 0. The smallest absolute Gasteiger partial charge is 0.407 e. The van der Waals surface area contributed by atoms with Gasteiger partial charge in [-0.15, -0.1) is 0 Å². The second-order valence-corrected chi connectivity index (χ2v) is 6.05. The monoisotopic (exact) mass is 347 g/mol. The average Bonchev–Trinajstić information content (AvgIpc) is 2.18. The molecule has 0 atom stereocenters. The highest BCUT2D eigenvalue weighted by molar-refractivity contribution is 14.1. The number of halogens is 1. The van der Waals surface area contributed by atoms with Crippen molar-refractivity contribution in [3.63, 3.8) is 0 Å². The second kappa shape index (κ2) is 6.23. The van der Waals surface area contributed by atoms with Gasteiger partial charge < -0.3 is 10.1 Å². The zero-order valence-electron chi connectivity index (χ0n) is 10.4. The Morgan fingerprint density at radius 2 is 1.88 bits per heavy atom. The fourth-order valence-electron chi connectivity index (χ4n) is 1.27. The number of amides is 1. The van der Waals surface area contributed by atoms with E-state index in [1.807, 2.05) is 20.8 Å². The minimum atomic E-state index is -0.438. The number of hydrogen-bond donors (Lipinski definition) is 1. The van der Waals surface area contributed by atoms with E-state index in [1.165, 1.54) is 9.13 Å². The molecule has 1 amide bonds. The van der Waals surface area contributed by atoms with E-state index >= 15 is 0 Å². The topological polar surface area (TPSA) is 38.3 Å². The number of nitrogens with one attached hydrogen (secondary N) is 1. The Balaban J connectivity index is 2.28. The molecule has 1 aromatic carbocycles. The molecule has 94 valence electrons. The van der Waals surface area contributed by atoms with E-state index in [0.717, 1.165) is 6.42 Å². The number of carbonyl (C=O) groups is 1. The Morgan fingerprint density at radius 3 is 2.41 bits per heavy atom. The molecule has 0 aromatic heterocycles. The van der Waals surface area contributed by atoms with E-state index in [0.29, 0.717) is 6.54 Å². The lowest BCUT2D eigenvalue weighted by Gasteiger charge is -2.19. The number of alkyl carbamates (subject to hydrolysis) is 1. The van der Waals surface area contributed by atoms with Gasteiger partial charge in [-0.2, -0.15) is 0 Å². The molecule has 0 fully saturated rings. The number of hydrogen-bond acceptors (Lipinski definition) is 2. The lowest BCUT2D eigenvalue weighted by molar-refractivity contribution is 0.0528. The van der Waals surface area contributed by atoms with Gasteiger partial charge in [-0.1, -0.05) is 12.1 Å². The predicted molar refractivity (Wildman–Crippen MR) is 77.1 cm³/mol. The second-order valence-electron chi connectivity index (χ2n) is 4.81. The molecule has 1 rings (SSSR count). The third kappa shape index (κ3) is 6.51. The van der Waals surface area contributed by atoms with Crippen molar-refractivity contribution in [3.05, 3.63) is 33.4 Å². The summed E-state index contributed by atoms with van der Waals surface area (Å²) in [6.45, 7) is 6.15. The number of ether oxygens (including phenoxy) is 1. The third-order valence-electron chi connectivity index (χ3n) is 2.00. The molecule has 1 N–H and O–H groups in total. The molecule has 0 aliphatic heterocycles. The van der Waals surface area contributed by atoms with Crippen molar-refractivity contribution in [2.24, 2.45) is 0 Å². The highest BCUT2D eigenvalue weighted by atomic mass is 127. The molecular weight excluding hydrogens is 329 g/mol. The van der Waals surface area contributed by atoms with Crippen LogP contribution in [0.2, 0.25) is 0 Å². The Hall–Kier alpha value is -0.780. The molecule has 0 saturated carbocycles. The normalized spacial score (nSPS) is 11.1. The van der Waals surface area contributed by atoms with Gasteiger partial charge in [-0.3, -0.25) is 0 Å². The van der Waals surface area contributed by atoms with Crippen molar-refractivity contribution in [2.45, 2.75) is 32.8 Å². The summed E-state index contributed by atoms with van der Waals surface area (Å²) in [5.41, 5.74) is 0.772. The van der Waals surface area contributed by atoms with Crippen LogP contribution in [-0.4, -0.2) is 18.2 Å². The summed E-state index contributed by atoms with van der Waals surface area (Å²) in [5, 5.41) is 2.74. The molecule has 4 heteroatoms. The van der Waals surface area contributed by atoms with Crippen LogP contribution in [0.5, 0.6) is 0 Å². The van der Waals surface area contributed by atoms with Crippen LogP contribution in [0, 0.1) is 3.57 Å². The zero-order chi connectivity index (χ0) is 12.9. The highest BCUT2D eigenvalue weighted by Crippen LogP contribution is 2.08. The largest absolute Gasteiger partial charge is 0.444 e. The number of rotatable bonds is 3. The molecule has 3 nitrogen and oxygen atoms in total. The van der Waals surface area contributed by atoms with Crippen LogP contribution in [-0.2, 0) is 11.2 Å². The Labute approximate surface area is 116 Å². The van der Waals surface area contributed by atoms with Gasteiger partial charge in [0.1, 0.15) is 5.60 Å². The summed E-state index contributed by atoms with van der Waals surface area (Å²) >= 11 is 2.27. The van der Waals surface area contributed by atoms with Gasteiger partial charge in [0.25, 0.3) is 0 Å². The van der Waals surface area contributed by atoms with Crippen LogP contribution in [0.4, 0.5) is 4.79 Å². The standard InChI is InChI=1S/C13H18INO2/c1-13(2,3)17-12(16)15-9-8-10-4-6-11(14)7-5-10/h4-7H,8-9H2,1-3H3,(H,15,16). The summed E-state index contributed by atoms with van der Waals surface area (Å²) in [5.74, 6) is 0. The average molecular weight is 347 g/mol. The van der Waals surface area contributed by atoms with Gasteiger partial charge in [0, 0.05) is 10.1 Å². The zero-order valence-corrected chi connectivity index (χ0v) is 12.6. The Bertz CT molecular complexity index is 368. The maximum absolute atomic E-state index is 11.4. The first-order valence-electron chi connectivity index (χ1n) is 5.58. The van der Waals surface area contributed by atoms with Crippen LogP contribution < -0.4 is 5.32 Å². The SMILES string of the molecule is CC(C)(C)OC(=O)NCCc1ccc(I)cc1. The van der Waals surface area contributed by atoms with E-state index in [1.54, 1.807) is 0 Å². The minimum absolute atomic E-state index is 0.358. The van der Waals surface area contributed by atoms with Crippen LogP contribution in [0.3, 0.4) is 0 Å². The first kappa shape index (κ1) is 14.3. The van der Waals surface area contributed by atoms with E-state index in [9.17, 15) is 4.79 Å². The lowest BCUT2D eigenvalue weighted by Crippen LogP contribution is -2.33. The molecule has 1 aromatic rings. The molecule has 0 spiro atoms. The van der Waals surface area contributed by atoms with Gasteiger partial charge in [0.05, 0.1) is 0 Å². The van der Waals surface area contributed by atoms with E-state index in [-0.39, 0.29) is 6.09 Å². The summed E-state index contributed by atoms with van der Waals surface area (Å²) in [6, 6.07) is 8.25. The number of benzene rings is 1. The van der Waals surface area contributed by atoms with E-state index in [2.05, 4.69) is 52.2 Å². The van der Waals surface area contributed by atoms with Crippen molar-refractivity contribution < 1.29 is 9.53 Å². The molecule has 0 saturated heterocycles. The van der Waals surface area contributed by atoms with Crippen molar-refractivity contribution in [1.82, 2.24) is 5.32 Å². The first-order valence-corrected chi connectivity index (χ1v) is 6.66. The Kier molecular flexibility index (Phi) is 5.24. The fourth-order valence-corrected chi connectivity index (χ4v) is 1.63. The maximum atomic E-state index is 11.4. The first-order chi connectivity index (χ1) is 7.87. The van der Waals surface area contributed by atoms with Gasteiger partial charge in [-0.25, -0.2) is 4.79 Å². The summed E-state index contributed by atoms with van der Waals surface area (Å²) < 4.78 is 6.36. The van der Waals surface area contributed by atoms with Crippen molar-refractivity contribution in [1.29, 1.82) is 0 Å². The van der Waals surface area contributed by atoms with Crippen molar-refractivity contribution in [3.8, 4) is 0 Å². The fraction of sp³-hybridized carbons (Fsp3) is 0.462. The van der Waals surface area contributed by atoms with Crippen molar-refractivity contribution in [2.75, 3.05) is 6.54 Å². The highest BCUT2D eigenvalue weighted by Gasteiger charge is 2.15. The third-order valence-corrected chi connectivity index (χ3v) is 2.71. The molecule has 0 heterocycles. The van der Waals surface area contributed by atoms with E-state index in [4.69, 9.17) is 4.74 Å². The molecule has 0 aliphatic carbocycles. The maximum Gasteiger partial charge on any atom is 0.407 e. The van der Waals surface area contributed by atoms with E-state index < -0.39 is 5.60 Å². The predicted octanol–water partition coefficient (Wildman–Crippen LogP) is 3.36. The van der Waals surface area contributed by atoms with Gasteiger partial charge in [0.2, 0.25) is 0 Å². The van der Waals surface area contributed by atoms with Crippen LogP contribution in [0.15, 0.2) is 24.3 Å². The van der Waals surface area contributed by atoms with Crippen LogP contribution >= 0.6 is 22.6 Å². The minimum Gasteiger partial charge on any atom is -0.444 e.